The highest BCUT2D eigenvalue weighted by molar-refractivity contribution is 6.42. The summed E-state index contributed by atoms with van der Waals surface area (Å²) in [6, 6.07) is 4.96. The van der Waals surface area contributed by atoms with Crippen LogP contribution in [0.3, 0.4) is 0 Å². The van der Waals surface area contributed by atoms with Crippen LogP contribution in [0.25, 0.3) is 0 Å². The van der Waals surface area contributed by atoms with Gasteiger partial charge in [-0.1, -0.05) is 23.2 Å². The Balaban J connectivity index is 0.000000437. The average molecular weight is 274 g/mol. The summed E-state index contributed by atoms with van der Waals surface area (Å²) in [7, 11) is 0. The van der Waals surface area contributed by atoms with E-state index < -0.39 is 0 Å². The van der Waals surface area contributed by atoms with Gasteiger partial charge in [-0.2, -0.15) is 19.9 Å². The fraction of sp³-hybridized carbons (Fsp3) is 0. The molecule has 0 fully saturated rings. The Labute approximate surface area is 105 Å². The summed E-state index contributed by atoms with van der Waals surface area (Å²) in [5.41, 5.74) is 0. The summed E-state index contributed by atoms with van der Waals surface area (Å²) in [6.07, 6.45) is 1.71. The molecule has 0 aliphatic rings. The van der Waals surface area contributed by atoms with E-state index in [0.29, 0.717) is 21.7 Å². The maximum atomic E-state index is 8.12. The lowest BCUT2D eigenvalue weighted by atomic mass is 10.3. The van der Waals surface area contributed by atoms with Crippen LogP contribution in [0.2, 0.25) is 10.0 Å². The number of rotatable bonds is 2. The van der Waals surface area contributed by atoms with E-state index in [9.17, 15) is 0 Å². The first-order valence-corrected chi connectivity index (χ1v) is 4.91. The second kappa shape index (κ2) is 6.65. The van der Waals surface area contributed by atoms with Crippen LogP contribution >= 0.6 is 23.2 Å². The molecule has 17 heavy (non-hydrogen) atoms. The number of hydrogen-bond donors (Lipinski definition) is 1. The van der Waals surface area contributed by atoms with Crippen molar-refractivity contribution in [3.63, 3.8) is 0 Å². The molecule has 0 atom stereocenters. The van der Waals surface area contributed by atoms with Crippen LogP contribution in [0.4, 0.5) is 0 Å². The highest BCUT2D eigenvalue weighted by atomic mass is 35.5. The summed E-state index contributed by atoms with van der Waals surface area (Å²) in [5, 5.41) is 10.7. The standard InChI is InChI=1S/C8H5Cl2N3O.CO2/c9-6-2-1-5(3-7(6)10)14-8-4-11-13-12-8;2-1-3/h1-4H,(H,11,12,13);. The molecular formula is C9H5Cl2N3O3. The Bertz CT molecular complexity index is 510. The minimum atomic E-state index is 0.250. The molecule has 0 bridgehead atoms. The van der Waals surface area contributed by atoms with E-state index in [1.54, 1.807) is 18.2 Å². The minimum Gasteiger partial charge on any atom is -0.436 e. The zero-order valence-corrected chi connectivity index (χ0v) is 9.70. The highest BCUT2D eigenvalue weighted by Gasteiger charge is 2.02. The summed E-state index contributed by atoms with van der Waals surface area (Å²) in [6.45, 7) is 0. The van der Waals surface area contributed by atoms with Crippen molar-refractivity contribution in [2.24, 2.45) is 0 Å². The topological polar surface area (TPSA) is 84.9 Å². The Kier molecular flexibility index (Phi) is 5.16. The third kappa shape index (κ3) is 4.24. The van der Waals surface area contributed by atoms with Gasteiger partial charge in [0.25, 0.3) is 5.88 Å². The van der Waals surface area contributed by atoms with Crippen LogP contribution in [0, 0.1) is 0 Å². The maximum absolute atomic E-state index is 8.12. The Morgan fingerprint density at radius 1 is 1.24 bits per heavy atom. The smallest absolute Gasteiger partial charge is 0.373 e. The molecular weight excluding hydrogens is 269 g/mol. The van der Waals surface area contributed by atoms with Crippen molar-refractivity contribution in [2.45, 2.75) is 0 Å². The predicted molar refractivity (Wildman–Crippen MR) is 57.9 cm³/mol. The van der Waals surface area contributed by atoms with Gasteiger partial charge in [0.1, 0.15) is 11.9 Å². The lowest BCUT2D eigenvalue weighted by molar-refractivity contribution is -0.191. The lowest BCUT2D eigenvalue weighted by Crippen LogP contribution is -1.84. The van der Waals surface area contributed by atoms with Gasteiger partial charge in [0.15, 0.2) is 0 Å². The van der Waals surface area contributed by atoms with Crippen molar-refractivity contribution < 1.29 is 14.3 Å². The fourth-order valence-electron chi connectivity index (χ4n) is 0.901. The summed E-state index contributed by atoms with van der Waals surface area (Å²) < 4.78 is 5.31. The van der Waals surface area contributed by atoms with Gasteiger partial charge in [0.2, 0.25) is 0 Å². The molecule has 0 unspecified atom stereocenters. The molecule has 0 aliphatic heterocycles. The van der Waals surface area contributed by atoms with E-state index in [0.717, 1.165) is 0 Å². The Hall–Kier alpha value is -1.88. The molecule has 0 aliphatic carbocycles. The number of H-pyrrole nitrogens is 1. The molecule has 1 heterocycles. The molecule has 2 aromatic rings. The second-order valence-electron chi connectivity index (χ2n) is 2.57. The van der Waals surface area contributed by atoms with E-state index >= 15 is 0 Å². The van der Waals surface area contributed by atoms with Crippen molar-refractivity contribution in [1.29, 1.82) is 0 Å². The molecule has 8 heteroatoms. The summed E-state index contributed by atoms with van der Waals surface area (Å²) in [5.74, 6) is 0.941. The van der Waals surface area contributed by atoms with Crippen molar-refractivity contribution >= 4 is 29.4 Å². The van der Waals surface area contributed by atoms with Gasteiger partial charge in [-0.3, -0.25) is 0 Å². The first kappa shape index (κ1) is 13.2. The van der Waals surface area contributed by atoms with Crippen LogP contribution in [0.5, 0.6) is 11.6 Å². The van der Waals surface area contributed by atoms with Gasteiger partial charge < -0.3 is 4.74 Å². The molecule has 0 amide bonds. The summed E-state index contributed by atoms with van der Waals surface area (Å²) in [4.78, 5) is 16.2. The van der Waals surface area contributed by atoms with E-state index in [2.05, 4.69) is 15.4 Å². The van der Waals surface area contributed by atoms with Gasteiger partial charge in [-0.15, -0.1) is 5.10 Å². The highest BCUT2D eigenvalue weighted by Crippen LogP contribution is 2.28. The number of benzene rings is 1. The molecule has 6 nitrogen and oxygen atoms in total. The quantitative estimate of drug-likeness (QED) is 0.908. The second-order valence-corrected chi connectivity index (χ2v) is 3.38. The SMILES string of the molecule is Clc1ccc(Oc2cn[nH]n2)cc1Cl.O=C=O. The van der Waals surface area contributed by atoms with Crippen molar-refractivity contribution in [3.05, 3.63) is 34.4 Å². The van der Waals surface area contributed by atoms with Crippen LogP contribution in [0.15, 0.2) is 24.4 Å². The van der Waals surface area contributed by atoms with Gasteiger partial charge in [0, 0.05) is 6.07 Å². The summed E-state index contributed by atoms with van der Waals surface area (Å²) >= 11 is 11.5. The molecule has 1 N–H and O–H groups in total. The lowest BCUT2D eigenvalue weighted by Gasteiger charge is -2.02. The maximum Gasteiger partial charge on any atom is 0.373 e. The first-order chi connectivity index (χ1) is 8.17. The number of halogens is 2. The number of carbonyl (C=O) groups excluding carboxylic acids is 2. The van der Waals surface area contributed by atoms with Crippen LogP contribution < -0.4 is 4.74 Å². The van der Waals surface area contributed by atoms with Gasteiger partial charge in [-0.05, 0) is 12.1 Å². The van der Waals surface area contributed by atoms with Crippen LogP contribution in [-0.4, -0.2) is 21.6 Å². The molecule has 0 radical (unpaired) electrons. The van der Waals surface area contributed by atoms with Crippen LogP contribution in [-0.2, 0) is 9.59 Å². The largest absolute Gasteiger partial charge is 0.436 e. The third-order valence-electron chi connectivity index (χ3n) is 1.51. The molecule has 0 saturated carbocycles. The van der Waals surface area contributed by atoms with Crippen molar-refractivity contribution in [3.8, 4) is 11.6 Å². The monoisotopic (exact) mass is 273 g/mol. The average Bonchev–Trinajstić information content (AvgIpc) is 2.77. The van der Waals surface area contributed by atoms with Gasteiger partial charge >= 0.3 is 6.15 Å². The first-order valence-electron chi connectivity index (χ1n) is 4.15. The molecule has 88 valence electrons. The number of aromatic amines is 1. The number of nitrogens with one attached hydrogen (secondary N) is 1. The van der Waals surface area contributed by atoms with E-state index in [-0.39, 0.29) is 6.15 Å². The van der Waals surface area contributed by atoms with Crippen molar-refractivity contribution in [2.75, 3.05) is 0 Å². The normalized spacial score (nSPS) is 8.82. The van der Waals surface area contributed by atoms with Crippen LogP contribution in [0.1, 0.15) is 0 Å². The number of nitrogens with zero attached hydrogens (tertiary/aromatic N) is 2. The molecule has 0 spiro atoms. The van der Waals surface area contributed by atoms with E-state index in [4.69, 9.17) is 37.5 Å². The fourth-order valence-corrected chi connectivity index (χ4v) is 1.19. The Morgan fingerprint density at radius 3 is 2.47 bits per heavy atom. The molecule has 0 saturated heterocycles. The van der Waals surface area contributed by atoms with Crippen molar-refractivity contribution in [1.82, 2.24) is 15.4 Å². The number of aromatic nitrogens is 3. The molecule has 1 aromatic heterocycles. The predicted octanol–water partition coefficient (Wildman–Crippen LogP) is 2.32. The van der Waals surface area contributed by atoms with E-state index in [1.807, 2.05) is 0 Å². The molecule has 2 rings (SSSR count). The third-order valence-corrected chi connectivity index (χ3v) is 2.25. The molecule has 1 aromatic carbocycles. The number of ether oxygens (including phenoxy) is 1. The zero-order chi connectivity index (χ0) is 12.7. The zero-order valence-electron chi connectivity index (χ0n) is 8.18. The number of hydrogen-bond acceptors (Lipinski definition) is 5. The van der Waals surface area contributed by atoms with E-state index in [1.165, 1.54) is 6.20 Å². The van der Waals surface area contributed by atoms with Gasteiger partial charge in [-0.25, -0.2) is 0 Å². The minimum absolute atomic E-state index is 0.250. The van der Waals surface area contributed by atoms with Gasteiger partial charge in [0.05, 0.1) is 10.0 Å². The Morgan fingerprint density at radius 2 is 1.94 bits per heavy atom.